The number of ether oxygens (including phenoxy) is 2. The molecule has 0 aromatic rings. The van der Waals surface area contributed by atoms with Crippen molar-refractivity contribution in [3.05, 3.63) is 0 Å². The zero-order valence-electron chi connectivity index (χ0n) is 27.2. The van der Waals surface area contributed by atoms with Crippen LogP contribution in [0.1, 0.15) is 170 Å². The molecular formula is C32H72Na2O6S. The molecule has 41 heavy (non-hydrogen) atoms. The molecule has 0 amide bonds. The molecule has 0 aliphatic carbocycles. The third kappa shape index (κ3) is 57.9. The Labute approximate surface area is 302 Å². The molecule has 0 aliphatic heterocycles. The van der Waals surface area contributed by atoms with Gasteiger partial charge in [0.15, 0.2) is 0 Å². The average Bonchev–Trinajstić information content (AvgIpc) is 2.92. The third-order valence-electron chi connectivity index (χ3n) is 6.27. The van der Waals surface area contributed by atoms with E-state index in [4.69, 9.17) is 17.8 Å². The van der Waals surface area contributed by atoms with Gasteiger partial charge in [-0.3, -0.25) is 0 Å². The van der Waals surface area contributed by atoms with Crippen LogP contribution >= 0.6 is 0 Å². The molecule has 0 radical (unpaired) electrons. The van der Waals surface area contributed by atoms with E-state index in [1.807, 2.05) is 27.7 Å². The number of rotatable bonds is 28. The van der Waals surface area contributed by atoms with E-state index in [9.17, 15) is 8.42 Å². The summed E-state index contributed by atoms with van der Waals surface area (Å²) in [4.78, 5) is 0. The fourth-order valence-corrected chi connectivity index (χ4v) is 4.66. The van der Waals surface area contributed by atoms with Crippen molar-refractivity contribution >= 4 is 69.5 Å². The summed E-state index contributed by atoms with van der Waals surface area (Å²) in [6, 6.07) is 0. The second kappa shape index (κ2) is 48.7. The predicted molar refractivity (Wildman–Crippen MR) is 183 cm³/mol. The Morgan fingerprint density at radius 1 is 0.366 bits per heavy atom. The average molecular weight is 631 g/mol. The molecule has 0 spiro atoms. The molecule has 0 bridgehead atoms. The van der Waals surface area contributed by atoms with Gasteiger partial charge in [-0.15, -0.1) is 0 Å². The molecule has 0 aromatic heterocycles. The summed E-state index contributed by atoms with van der Waals surface area (Å²) in [5.41, 5.74) is 0. The van der Waals surface area contributed by atoms with Crippen LogP contribution in [0.4, 0.5) is 0 Å². The van der Waals surface area contributed by atoms with Crippen molar-refractivity contribution in [3.63, 3.8) is 0 Å². The van der Waals surface area contributed by atoms with Crippen LogP contribution in [0.3, 0.4) is 0 Å². The SMILES string of the molecule is CCCCCCCCCCCCOS(=O)(=O)OCCCCCCCCCCCC.CCOCC.CCOCC.[NaH].[NaH]. The van der Waals surface area contributed by atoms with Gasteiger partial charge in [-0.1, -0.05) is 129 Å². The van der Waals surface area contributed by atoms with Crippen LogP contribution in [0.15, 0.2) is 0 Å². The van der Waals surface area contributed by atoms with Crippen molar-refractivity contribution in [2.45, 2.75) is 170 Å². The summed E-state index contributed by atoms with van der Waals surface area (Å²) in [6.45, 7) is 16.3. The van der Waals surface area contributed by atoms with Crippen molar-refractivity contribution < 1.29 is 26.3 Å². The van der Waals surface area contributed by atoms with E-state index in [0.717, 1.165) is 65.0 Å². The zero-order chi connectivity index (χ0) is 29.7. The standard InChI is InChI=1S/C24H50O4S.2C4H10O.2Na.2H/c1-3-5-7-9-11-13-15-17-19-21-23-27-29(25,26)28-24-22-20-18-16-14-12-10-8-6-4-2;2*1-3-5-4-2;;;;/h3-24H2,1-2H3;2*3-4H2,1-2H3;;;;. The second-order valence-corrected chi connectivity index (χ2v) is 11.3. The van der Waals surface area contributed by atoms with Gasteiger partial charge in [0.1, 0.15) is 0 Å². The first-order chi connectivity index (χ1) is 18.9. The molecule has 0 fully saturated rings. The molecule has 0 aliphatic rings. The quantitative estimate of drug-likeness (QED) is 0.0635. The Morgan fingerprint density at radius 3 is 0.780 bits per heavy atom. The van der Waals surface area contributed by atoms with Gasteiger partial charge in [0.05, 0.1) is 13.2 Å². The monoisotopic (exact) mass is 630 g/mol. The van der Waals surface area contributed by atoms with Crippen molar-refractivity contribution in [2.24, 2.45) is 0 Å². The van der Waals surface area contributed by atoms with E-state index in [1.54, 1.807) is 0 Å². The second-order valence-electron chi connectivity index (χ2n) is 9.98. The van der Waals surface area contributed by atoms with Crippen LogP contribution in [0.25, 0.3) is 0 Å². The van der Waals surface area contributed by atoms with E-state index < -0.39 is 10.4 Å². The predicted octanol–water partition coefficient (Wildman–Crippen LogP) is 8.89. The minimum atomic E-state index is -3.80. The number of unbranched alkanes of at least 4 members (excludes halogenated alkanes) is 18. The number of hydrogen-bond donors (Lipinski definition) is 0. The molecule has 244 valence electrons. The van der Waals surface area contributed by atoms with E-state index in [-0.39, 0.29) is 72.3 Å². The first-order valence-corrected chi connectivity index (χ1v) is 18.0. The van der Waals surface area contributed by atoms with Crippen LogP contribution in [0.2, 0.25) is 0 Å². The van der Waals surface area contributed by atoms with Gasteiger partial charge in [-0.05, 0) is 40.5 Å². The molecule has 0 heterocycles. The van der Waals surface area contributed by atoms with Crippen molar-refractivity contribution in [3.8, 4) is 0 Å². The van der Waals surface area contributed by atoms with Gasteiger partial charge in [-0.25, -0.2) is 8.37 Å². The Morgan fingerprint density at radius 2 is 0.585 bits per heavy atom. The minimum absolute atomic E-state index is 0. The Hall–Kier alpha value is 1.79. The summed E-state index contributed by atoms with van der Waals surface area (Å²) >= 11 is 0. The van der Waals surface area contributed by atoms with Gasteiger partial charge in [-0.2, -0.15) is 8.42 Å². The molecule has 0 unspecified atom stereocenters. The van der Waals surface area contributed by atoms with Gasteiger partial charge in [0.25, 0.3) is 0 Å². The molecule has 9 heteroatoms. The Balaban J connectivity index is -0.000000307. The van der Waals surface area contributed by atoms with Crippen LogP contribution < -0.4 is 0 Å². The van der Waals surface area contributed by atoms with E-state index in [1.165, 1.54) is 89.9 Å². The zero-order valence-corrected chi connectivity index (χ0v) is 28.1. The van der Waals surface area contributed by atoms with Crippen molar-refractivity contribution in [1.29, 1.82) is 0 Å². The van der Waals surface area contributed by atoms with Gasteiger partial charge < -0.3 is 9.47 Å². The van der Waals surface area contributed by atoms with Gasteiger partial charge in [0, 0.05) is 26.4 Å². The molecule has 0 aromatic carbocycles. The van der Waals surface area contributed by atoms with Crippen LogP contribution in [-0.2, 0) is 28.2 Å². The Kier molecular flexibility index (Phi) is 62.1. The molecule has 0 saturated carbocycles. The molecule has 0 atom stereocenters. The molecule has 0 rings (SSSR count). The van der Waals surface area contributed by atoms with Gasteiger partial charge >= 0.3 is 69.5 Å². The third-order valence-corrected chi connectivity index (χ3v) is 7.18. The van der Waals surface area contributed by atoms with E-state index in [0.29, 0.717) is 0 Å². The maximum atomic E-state index is 11.7. The summed E-state index contributed by atoms with van der Waals surface area (Å²) in [7, 11) is -3.80. The summed E-state index contributed by atoms with van der Waals surface area (Å²) in [5, 5.41) is 0. The van der Waals surface area contributed by atoms with Crippen LogP contribution in [0.5, 0.6) is 0 Å². The fourth-order valence-electron chi connectivity index (χ4n) is 3.94. The molecule has 6 nitrogen and oxygen atoms in total. The maximum absolute atomic E-state index is 11.7. The van der Waals surface area contributed by atoms with Crippen LogP contribution in [0, 0.1) is 0 Å². The van der Waals surface area contributed by atoms with E-state index in [2.05, 4.69) is 13.8 Å². The number of hydrogen-bond acceptors (Lipinski definition) is 6. The first-order valence-electron chi connectivity index (χ1n) is 16.6. The fraction of sp³-hybridized carbons (Fsp3) is 1.00. The Bertz CT molecular complexity index is 468. The van der Waals surface area contributed by atoms with Crippen LogP contribution in [-0.4, -0.2) is 107 Å². The molecular weight excluding hydrogens is 558 g/mol. The van der Waals surface area contributed by atoms with Gasteiger partial charge in [0.2, 0.25) is 0 Å². The summed E-state index contributed by atoms with van der Waals surface area (Å²) in [5.74, 6) is 0. The molecule has 0 N–H and O–H groups in total. The van der Waals surface area contributed by atoms with Crippen molar-refractivity contribution in [2.75, 3.05) is 39.6 Å². The molecule has 0 saturated heterocycles. The van der Waals surface area contributed by atoms with E-state index >= 15 is 0 Å². The summed E-state index contributed by atoms with van der Waals surface area (Å²) in [6.07, 6.45) is 24.4. The topological polar surface area (TPSA) is 71.1 Å². The normalized spacial score (nSPS) is 10.5. The first kappa shape index (κ1) is 52.3. The summed E-state index contributed by atoms with van der Waals surface area (Å²) < 4.78 is 43.0. The van der Waals surface area contributed by atoms with Crippen molar-refractivity contribution in [1.82, 2.24) is 0 Å².